The van der Waals surface area contributed by atoms with Crippen LogP contribution in [-0.2, 0) is 19.6 Å². The van der Waals surface area contributed by atoms with Crippen molar-refractivity contribution in [3.05, 3.63) is 157 Å². The lowest BCUT2D eigenvalue weighted by Gasteiger charge is -2.27. The fourth-order valence-electron chi connectivity index (χ4n) is 6.38. The quantitative estimate of drug-likeness (QED) is 0.145. The van der Waals surface area contributed by atoms with Gasteiger partial charge >= 0.3 is 0 Å². The number of halogens is 3. The number of carbonyl (C=O) groups excluding carboxylic acids is 1. The molecule has 0 aliphatic carbocycles. The molecule has 1 aliphatic rings. The Morgan fingerprint density at radius 2 is 1.40 bits per heavy atom. The molecular formula is C40H34BrClFN5O2. The van der Waals surface area contributed by atoms with E-state index in [0.29, 0.717) is 67.4 Å². The van der Waals surface area contributed by atoms with E-state index in [1.165, 1.54) is 23.8 Å². The molecule has 7 rings (SSSR count). The third-order valence-electron chi connectivity index (χ3n) is 9.04. The Kier molecular flexibility index (Phi) is 9.44. The summed E-state index contributed by atoms with van der Waals surface area (Å²) in [5, 5.41) is 17.9. The number of hydrogen-bond donors (Lipinski definition) is 2. The number of benzene rings is 5. The summed E-state index contributed by atoms with van der Waals surface area (Å²) < 4.78 is 20.9. The van der Waals surface area contributed by atoms with Crippen LogP contribution in [0.2, 0.25) is 5.02 Å². The minimum absolute atomic E-state index is 0.233. The van der Waals surface area contributed by atoms with Crippen LogP contribution in [0.25, 0.3) is 10.8 Å². The lowest BCUT2D eigenvalue weighted by Crippen LogP contribution is -2.28. The van der Waals surface area contributed by atoms with Gasteiger partial charge in [0.1, 0.15) is 11.6 Å². The van der Waals surface area contributed by atoms with E-state index in [1.54, 1.807) is 12.0 Å². The minimum atomic E-state index is -0.691. The summed E-state index contributed by atoms with van der Waals surface area (Å²) in [5.41, 5.74) is 6.97. The first-order valence-electron chi connectivity index (χ1n) is 16.2. The Morgan fingerprint density at radius 1 is 0.820 bits per heavy atom. The highest BCUT2D eigenvalue weighted by atomic mass is 79.9. The maximum atomic E-state index is 14.9. The van der Waals surface area contributed by atoms with Gasteiger partial charge in [-0.3, -0.25) is 4.79 Å². The first kappa shape index (κ1) is 33.5. The second kappa shape index (κ2) is 14.1. The highest BCUT2D eigenvalue weighted by Gasteiger charge is 2.42. The van der Waals surface area contributed by atoms with Gasteiger partial charge in [-0.1, -0.05) is 99.3 Å². The molecule has 1 unspecified atom stereocenters. The lowest BCUT2D eigenvalue weighted by molar-refractivity contribution is 0.0737. The van der Waals surface area contributed by atoms with Crippen LogP contribution in [-0.4, -0.2) is 28.1 Å². The number of aromatic nitrogens is 2. The molecule has 10 heteroatoms. The number of fused-ring (bicyclic) bond motifs is 3. The smallest absolute Gasteiger partial charge is 0.256 e. The van der Waals surface area contributed by atoms with Crippen molar-refractivity contribution in [2.75, 3.05) is 17.7 Å². The van der Waals surface area contributed by atoms with Crippen LogP contribution in [0.15, 0.2) is 102 Å². The Labute approximate surface area is 303 Å². The topological polar surface area (TPSA) is 79.4 Å². The van der Waals surface area contributed by atoms with E-state index < -0.39 is 11.9 Å². The molecule has 252 valence electrons. The van der Waals surface area contributed by atoms with Crippen molar-refractivity contribution in [1.82, 2.24) is 15.1 Å². The van der Waals surface area contributed by atoms with Crippen LogP contribution in [0.4, 0.5) is 16.0 Å². The molecule has 6 aromatic rings. The fourth-order valence-corrected chi connectivity index (χ4v) is 7.25. The van der Waals surface area contributed by atoms with E-state index >= 15 is 0 Å². The molecule has 1 aromatic heterocycles. The number of aryl methyl sites for hydroxylation is 2. The number of rotatable bonds is 10. The summed E-state index contributed by atoms with van der Waals surface area (Å²) in [6.45, 7) is 5.31. The van der Waals surface area contributed by atoms with Gasteiger partial charge in [-0.2, -0.15) is 0 Å². The lowest BCUT2D eigenvalue weighted by atomic mass is 9.94. The van der Waals surface area contributed by atoms with E-state index in [0.717, 1.165) is 22.3 Å². The average molecular weight is 751 g/mol. The largest absolute Gasteiger partial charge is 0.497 e. The molecule has 7 nitrogen and oxygen atoms in total. The third kappa shape index (κ3) is 6.63. The standard InChI is InChI=1S/C40H34BrClFN5O2/c1-23-4-8-25(9-5-23)20-44-38-31-19-32(41)35-36(34(31)39(47-46-38)45-21-26-10-6-24(2)7-11-26)40(49)48(22-27-12-15-29(50-3)16-13-27)37(35)30-18-28(43)14-17-33(30)42/h4-19,37H,20-22H2,1-3H3,(H,44,46)(H,45,47). The first-order chi connectivity index (χ1) is 24.2. The van der Waals surface area contributed by atoms with Crippen molar-refractivity contribution in [1.29, 1.82) is 0 Å². The second-order valence-electron chi connectivity index (χ2n) is 12.5. The van der Waals surface area contributed by atoms with Crippen molar-refractivity contribution in [3.8, 4) is 5.75 Å². The molecule has 0 radical (unpaired) electrons. The predicted molar refractivity (Wildman–Crippen MR) is 200 cm³/mol. The molecule has 0 saturated heterocycles. The van der Waals surface area contributed by atoms with E-state index in [9.17, 15) is 9.18 Å². The van der Waals surface area contributed by atoms with E-state index in [-0.39, 0.29) is 12.5 Å². The first-order valence-corrected chi connectivity index (χ1v) is 17.4. The summed E-state index contributed by atoms with van der Waals surface area (Å²) in [6.07, 6.45) is 0. The Morgan fingerprint density at radius 3 is 2.02 bits per heavy atom. The number of nitrogens with zero attached hydrogens (tertiary/aromatic N) is 3. The Balaban J connectivity index is 1.40. The van der Waals surface area contributed by atoms with Crippen LogP contribution in [0, 0.1) is 19.7 Å². The molecule has 1 aliphatic heterocycles. The second-order valence-corrected chi connectivity index (χ2v) is 13.8. The summed E-state index contributed by atoms with van der Waals surface area (Å²) in [5.74, 6) is 1.03. The Bertz CT molecular complexity index is 2210. The Hall–Kier alpha value is -4.99. The van der Waals surface area contributed by atoms with Gasteiger partial charge in [0, 0.05) is 51.0 Å². The summed E-state index contributed by atoms with van der Waals surface area (Å²) in [6, 6.07) is 29.6. The number of amides is 1. The minimum Gasteiger partial charge on any atom is -0.497 e. The molecular weight excluding hydrogens is 717 g/mol. The van der Waals surface area contributed by atoms with Crippen LogP contribution >= 0.6 is 27.5 Å². The zero-order valence-corrected chi connectivity index (χ0v) is 30.1. The molecule has 1 amide bonds. The maximum Gasteiger partial charge on any atom is 0.256 e. The van der Waals surface area contributed by atoms with Gasteiger partial charge < -0.3 is 20.3 Å². The average Bonchev–Trinajstić information content (AvgIpc) is 3.41. The molecule has 50 heavy (non-hydrogen) atoms. The van der Waals surface area contributed by atoms with Crippen LogP contribution in [0.1, 0.15) is 55.3 Å². The van der Waals surface area contributed by atoms with Gasteiger partial charge in [-0.25, -0.2) is 4.39 Å². The van der Waals surface area contributed by atoms with Gasteiger partial charge in [-0.05, 0) is 66.9 Å². The third-order valence-corrected chi connectivity index (χ3v) is 10.0. The summed E-state index contributed by atoms with van der Waals surface area (Å²) in [4.78, 5) is 16.6. The summed E-state index contributed by atoms with van der Waals surface area (Å²) in [7, 11) is 1.61. The van der Waals surface area contributed by atoms with Gasteiger partial charge in [0.15, 0.2) is 11.6 Å². The van der Waals surface area contributed by atoms with Crippen molar-refractivity contribution < 1.29 is 13.9 Å². The van der Waals surface area contributed by atoms with Crippen molar-refractivity contribution in [2.45, 2.75) is 39.5 Å². The molecule has 0 fully saturated rings. The molecule has 2 N–H and O–H groups in total. The number of anilines is 2. The molecule has 0 spiro atoms. The van der Waals surface area contributed by atoms with Crippen molar-refractivity contribution in [3.63, 3.8) is 0 Å². The number of carbonyl (C=O) groups is 1. The number of methoxy groups -OCH3 is 1. The van der Waals surface area contributed by atoms with Crippen molar-refractivity contribution in [2.24, 2.45) is 0 Å². The monoisotopic (exact) mass is 749 g/mol. The zero-order chi connectivity index (χ0) is 34.9. The fraction of sp³-hybridized carbons (Fsp3) is 0.175. The van der Waals surface area contributed by atoms with Crippen molar-refractivity contribution >= 4 is 55.8 Å². The van der Waals surface area contributed by atoms with Crippen LogP contribution in [0.5, 0.6) is 5.75 Å². The van der Waals surface area contributed by atoms with Gasteiger partial charge in [0.05, 0.1) is 18.7 Å². The molecule has 0 bridgehead atoms. The maximum absolute atomic E-state index is 14.9. The van der Waals surface area contributed by atoms with E-state index in [4.69, 9.17) is 16.3 Å². The molecule has 0 saturated carbocycles. The SMILES string of the molecule is COc1ccc(CN2C(=O)c3c(c(Br)cc4c(NCc5ccc(C)cc5)nnc(NCc5ccc(C)cc5)c34)C2c2cc(F)ccc2Cl)cc1. The number of hydrogen-bond acceptors (Lipinski definition) is 6. The highest BCUT2D eigenvalue weighted by molar-refractivity contribution is 9.10. The van der Waals surface area contributed by atoms with E-state index in [1.807, 2.05) is 37.3 Å². The normalized spacial score (nSPS) is 13.8. The van der Waals surface area contributed by atoms with Gasteiger partial charge in [-0.15, -0.1) is 10.2 Å². The van der Waals surface area contributed by atoms with Crippen LogP contribution < -0.4 is 15.4 Å². The van der Waals surface area contributed by atoms with Gasteiger partial charge in [0.25, 0.3) is 5.91 Å². The van der Waals surface area contributed by atoms with Crippen LogP contribution in [0.3, 0.4) is 0 Å². The highest BCUT2D eigenvalue weighted by Crippen LogP contribution is 2.49. The van der Waals surface area contributed by atoms with Gasteiger partial charge in [0.2, 0.25) is 0 Å². The molecule has 5 aromatic carbocycles. The number of ether oxygens (including phenoxy) is 1. The summed E-state index contributed by atoms with van der Waals surface area (Å²) >= 11 is 10.6. The number of nitrogens with one attached hydrogen (secondary N) is 2. The predicted octanol–water partition coefficient (Wildman–Crippen LogP) is 9.78. The van der Waals surface area contributed by atoms with E-state index in [2.05, 4.69) is 92.2 Å². The molecule has 1 atom stereocenters. The zero-order valence-electron chi connectivity index (χ0n) is 27.7. The molecule has 2 heterocycles.